The lowest BCUT2D eigenvalue weighted by Crippen LogP contribution is -2.50. The number of hydrogen-bond donors (Lipinski definition) is 2. The molecule has 3 heterocycles. The summed E-state index contributed by atoms with van der Waals surface area (Å²) in [5, 5.41) is 12.1. The summed E-state index contributed by atoms with van der Waals surface area (Å²) in [5.41, 5.74) is 2.39. The minimum absolute atomic E-state index is 0.0399. The summed E-state index contributed by atoms with van der Waals surface area (Å²) in [7, 11) is -3.87. The van der Waals surface area contributed by atoms with Gasteiger partial charge in [0, 0.05) is 36.7 Å². The van der Waals surface area contributed by atoms with Crippen molar-refractivity contribution in [3.8, 4) is 5.75 Å². The van der Waals surface area contributed by atoms with E-state index in [-0.39, 0.29) is 23.8 Å². The van der Waals surface area contributed by atoms with Gasteiger partial charge < -0.3 is 19.5 Å². The van der Waals surface area contributed by atoms with Gasteiger partial charge >= 0.3 is 0 Å². The van der Waals surface area contributed by atoms with E-state index in [2.05, 4.69) is 9.62 Å². The van der Waals surface area contributed by atoms with E-state index < -0.39 is 21.5 Å². The Morgan fingerprint density at radius 2 is 1.93 bits per heavy atom. The molecule has 8 nitrogen and oxygen atoms in total. The van der Waals surface area contributed by atoms with Crippen molar-refractivity contribution >= 4 is 33.2 Å². The van der Waals surface area contributed by atoms with Crippen LogP contribution in [0.1, 0.15) is 72.9 Å². The summed E-state index contributed by atoms with van der Waals surface area (Å²) >= 11 is 6.31. The molecule has 10 heteroatoms. The van der Waals surface area contributed by atoms with Crippen molar-refractivity contribution in [3.63, 3.8) is 0 Å². The molecule has 4 aliphatic rings. The SMILES string of the molecule is O=C1NS(=O)(=O)CCC[C@@]2(O)CCO[C@@H](C2)[C@@H]2CC[C@H]2CN2CCCCc3cc(Cl)ccc3COc3ccc1cc32. The Kier molecular flexibility index (Phi) is 8.24. The number of hydrogen-bond acceptors (Lipinski definition) is 7. The maximum absolute atomic E-state index is 13.2. The van der Waals surface area contributed by atoms with Gasteiger partial charge in [-0.2, -0.15) is 0 Å². The molecule has 0 spiro atoms. The maximum atomic E-state index is 13.2. The predicted molar refractivity (Wildman–Crippen MR) is 158 cm³/mol. The normalized spacial score (nSPS) is 30.3. The summed E-state index contributed by atoms with van der Waals surface area (Å²) in [4.78, 5) is 15.5. The van der Waals surface area contributed by atoms with Gasteiger partial charge in [-0.05, 0) is 105 Å². The zero-order valence-electron chi connectivity index (χ0n) is 23.3. The van der Waals surface area contributed by atoms with Crippen LogP contribution in [0.3, 0.4) is 0 Å². The van der Waals surface area contributed by atoms with Crippen LogP contribution in [0.4, 0.5) is 5.69 Å². The maximum Gasteiger partial charge on any atom is 0.264 e. The largest absolute Gasteiger partial charge is 0.487 e. The average Bonchev–Trinajstić information content (AvgIpc) is 2.93. The van der Waals surface area contributed by atoms with Crippen LogP contribution in [0, 0.1) is 11.8 Å². The summed E-state index contributed by atoms with van der Waals surface area (Å²) in [5.74, 6) is 0.511. The highest BCUT2D eigenvalue weighted by molar-refractivity contribution is 7.90. The summed E-state index contributed by atoms with van der Waals surface area (Å²) < 4.78 is 40.5. The van der Waals surface area contributed by atoms with Crippen LogP contribution in [0.15, 0.2) is 36.4 Å². The Hall–Kier alpha value is -2.33. The number of nitrogens with one attached hydrogen (secondary N) is 1. The zero-order chi connectivity index (χ0) is 28.6. The minimum Gasteiger partial charge on any atom is -0.487 e. The third-order valence-electron chi connectivity index (χ3n) is 9.43. The molecule has 4 bridgehead atoms. The Labute approximate surface area is 247 Å². The van der Waals surface area contributed by atoms with Crippen LogP contribution >= 0.6 is 11.6 Å². The van der Waals surface area contributed by atoms with Gasteiger partial charge in [0.05, 0.1) is 23.1 Å². The van der Waals surface area contributed by atoms with Crippen molar-refractivity contribution in [2.45, 2.75) is 76.1 Å². The van der Waals surface area contributed by atoms with E-state index in [0.29, 0.717) is 55.1 Å². The number of nitrogens with zero attached hydrogens (tertiary/aromatic N) is 1. The lowest BCUT2D eigenvalue weighted by Gasteiger charge is -2.48. The number of benzene rings is 2. The summed E-state index contributed by atoms with van der Waals surface area (Å²) in [6.07, 6.45) is 6.57. The molecular formula is C31H39ClN2O6S. The Morgan fingerprint density at radius 1 is 1.05 bits per heavy atom. The van der Waals surface area contributed by atoms with Crippen molar-refractivity contribution in [1.29, 1.82) is 0 Å². The molecule has 1 saturated carbocycles. The lowest BCUT2D eigenvalue weighted by molar-refractivity contribution is -0.144. The van der Waals surface area contributed by atoms with Crippen LogP contribution < -0.4 is 14.4 Å². The number of aryl methyl sites for hydroxylation is 1. The first-order chi connectivity index (χ1) is 19.7. The fraction of sp³-hybridized carbons (Fsp3) is 0.581. The molecular weight excluding hydrogens is 564 g/mol. The molecule has 1 saturated heterocycles. The molecule has 0 radical (unpaired) electrons. The number of carbonyl (C=O) groups excluding carboxylic acids is 1. The number of fused-ring (bicyclic) bond motifs is 6. The number of anilines is 1. The predicted octanol–water partition coefficient (Wildman–Crippen LogP) is 4.85. The van der Waals surface area contributed by atoms with Crippen molar-refractivity contribution < 1.29 is 27.8 Å². The van der Waals surface area contributed by atoms with Crippen molar-refractivity contribution in [2.75, 3.05) is 30.3 Å². The second-order valence-corrected chi connectivity index (χ2v) is 14.5. The first-order valence-corrected chi connectivity index (χ1v) is 16.9. The Morgan fingerprint density at radius 3 is 2.76 bits per heavy atom. The average molecular weight is 603 g/mol. The highest BCUT2D eigenvalue weighted by Gasteiger charge is 2.44. The monoisotopic (exact) mass is 602 g/mol. The molecule has 4 atom stereocenters. The molecule has 2 N–H and O–H groups in total. The highest BCUT2D eigenvalue weighted by Crippen LogP contribution is 2.45. The molecule has 41 heavy (non-hydrogen) atoms. The second-order valence-electron chi connectivity index (χ2n) is 12.2. The highest BCUT2D eigenvalue weighted by atomic mass is 35.5. The Bertz CT molecular complexity index is 1400. The van der Waals surface area contributed by atoms with Gasteiger partial charge in [0.15, 0.2) is 0 Å². The number of ether oxygens (including phenoxy) is 2. The van der Waals surface area contributed by atoms with Gasteiger partial charge in [-0.1, -0.05) is 17.7 Å². The number of aliphatic hydroxyl groups is 1. The van der Waals surface area contributed by atoms with E-state index in [1.165, 1.54) is 5.56 Å². The van der Waals surface area contributed by atoms with Crippen LogP contribution in [0.25, 0.3) is 0 Å². The van der Waals surface area contributed by atoms with E-state index in [1.807, 2.05) is 18.2 Å². The van der Waals surface area contributed by atoms with E-state index in [9.17, 15) is 18.3 Å². The van der Waals surface area contributed by atoms with E-state index in [1.54, 1.807) is 18.2 Å². The smallest absolute Gasteiger partial charge is 0.264 e. The zero-order valence-corrected chi connectivity index (χ0v) is 24.9. The number of rotatable bonds is 0. The molecule has 0 unspecified atom stereocenters. The Balaban J connectivity index is 1.36. The van der Waals surface area contributed by atoms with Gasteiger partial charge in [-0.3, -0.25) is 4.79 Å². The first kappa shape index (κ1) is 28.8. The van der Waals surface area contributed by atoms with Crippen LogP contribution in [-0.4, -0.2) is 56.6 Å². The van der Waals surface area contributed by atoms with Gasteiger partial charge in [-0.15, -0.1) is 0 Å². The van der Waals surface area contributed by atoms with Crippen molar-refractivity contribution in [3.05, 3.63) is 58.1 Å². The lowest BCUT2D eigenvalue weighted by atomic mass is 9.67. The van der Waals surface area contributed by atoms with Gasteiger partial charge in [-0.25, -0.2) is 13.1 Å². The molecule has 2 aromatic carbocycles. The van der Waals surface area contributed by atoms with Gasteiger partial charge in [0.25, 0.3) is 5.91 Å². The molecule has 6 rings (SSSR count). The third kappa shape index (κ3) is 6.53. The quantitative estimate of drug-likeness (QED) is 0.444. The summed E-state index contributed by atoms with van der Waals surface area (Å²) in [6, 6.07) is 11.1. The molecule has 1 aliphatic carbocycles. The van der Waals surface area contributed by atoms with Crippen LogP contribution in [0.2, 0.25) is 5.02 Å². The van der Waals surface area contributed by atoms with Crippen LogP contribution in [-0.2, 0) is 27.8 Å². The van der Waals surface area contributed by atoms with E-state index in [0.717, 1.165) is 56.4 Å². The van der Waals surface area contributed by atoms with E-state index >= 15 is 0 Å². The number of carbonyl (C=O) groups is 1. The molecule has 2 aromatic rings. The summed E-state index contributed by atoms with van der Waals surface area (Å²) in [6.45, 7) is 2.39. The number of amides is 1. The molecule has 0 aromatic heterocycles. The number of halogens is 1. The molecule has 3 aliphatic heterocycles. The van der Waals surface area contributed by atoms with Crippen molar-refractivity contribution in [1.82, 2.24) is 4.72 Å². The van der Waals surface area contributed by atoms with Crippen molar-refractivity contribution in [2.24, 2.45) is 11.8 Å². The van der Waals surface area contributed by atoms with Gasteiger partial charge in [0.2, 0.25) is 10.0 Å². The standard InChI is InChI=1S/C31H39ClN2O6S/c32-25-8-5-24-20-40-28-10-7-22-17-27(28)34(13-2-1-4-21(24)16-25)19-23-6-9-26(23)29-18-31(36,12-14-39-29)11-3-15-41(37,38)33-30(22)35/h5,7-8,10,16-17,23,26,29,36H,1-4,6,9,11-15,18-20H2,(H,33,35)/t23-,26+,29-,31+/m0/s1. The third-order valence-corrected chi connectivity index (χ3v) is 11.0. The molecule has 1 amide bonds. The topological polar surface area (TPSA) is 105 Å². The second kappa shape index (κ2) is 11.7. The first-order valence-electron chi connectivity index (χ1n) is 14.9. The number of sulfonamides is 1. The fourth-order valence-electron chi connectivity index (χ4n) is 6.95. The van der Waals surface area contributed by atoms with Crippen LogP contribution in [0.5, 0.6) is 5.75 Å². The molecule has 222 valence electrons. The fourth-order valence-corrected chi connectivity index (χ4v) is 8.18. The van der Waals surface area contributed by atoms with E-state index in [4.69, 9.17) is 21.1 Å². The minimum atomic E-state index is -3.87. The molecule has 2 fully saturated rings. The van der Waals surface area contributed by atoms with Gasteiger partial charge in [0.1, 0.15) is 12.4 Å².